The van der Waals surface area contributed by atoms with Crippen molar-refractivity contribution in [3.8, 4) is 0 Å². The largest absolute Gasteiger partial charge is 0.349 e. The van der Waals surface area contributed by atoms with Crippen LogP contribution in [0.5, 0.6) is 0 Å². The van der Waals surface area contributed by atoms with Crippen LogP contribution in [0.3, 0.4) is 0 Å². The van der Waals surface area contributed by atoms with E-state index >= 15 is 0 Å². The smallest absolute Gasteiger partial charge is 0.226 e. The fourth-order valence-corrected chi connectivity index (χ4v) is 2.90. The molecule has 0 saturated carbocycles. The number of halogens is 1. The molecule has 116 valence electrons. The molecule has 0 spiro atoms. The normalized spacial score (nSPS) is 20.9. The molecule has 1 saturated heterocycles. The highest BCUT2D eigenvalue weighted by Gasteiger charge is 2.37. The Balaban J connectivity index is 2.02. The van der Waals surface area contributed by atoms with Gasteiger partial charge in [0.05, 0.1) is 6.04 Å². The molecule has 2 unspecified atom stereocenters. The van der Waals surface area contributed by atoms with Crippen molar-refractivity contribution >= 4 is 5.91 Å². The first kappa shape index (κ1) is 16.0. The maximum Gasteiger partial charge on any atom is 0.226 e. The van der Waals surface area contributed by atoms with Gasteiger partial charge in [-0.3, -0.25) is 4.79 Å². The third-order valence-electron chi connectivity index (χ3n) is 4.60. The first-order valence-electron chi connectivity index (χ1n) is 7.68. The lowest BCUT2D eigenvalue weighted by molar-refractivity contribution is -0.133. The Hall–Kier alpha value is -1.42. The Bertz CT molecular complexity index is 495. The molecule has 0 aliphatic carbocycles. The van der Waals surface area contributed by atoms with Crippen molar-refractivity contribution in [3.63, 3.8) is 0 Å². The molecule has 1 heterocycles. The van der Waals surface area contributed by atoms with Crippen LogP contribution in [0.4, 0.5) is 4.39 Å². The highest BCUT2D eigenvalue weighted by atomic mass is 19.1. The topological polar surface area (TPSA) is 41.1 Å². The van der Waals surface area contributed by atoms with E-state index in [0.717, 1.165) is 31.5 Å². The molecule has 1 aliphatic heterocycles. The van der Waals surface area contributed by atoms with Gasteiger partial charge in [-0.05, 0) is 56.5 Å². The number of benzene rings is 1. The number of hydrogen-bond acceptors (Lipinski definition) is 2. The zero-order valence-electron chi connectivity index (χ0n) is 13.1. The summed E-state index contributed by atoms with van der Waals surface area (Å²) in [6.45, 7) is 7.81. The van der Waals surface area contributed by atoms with Gasteiger partial charge in [0.15, 0.2) is 0 Å². The monoisotopic (exact) mass is 292 g/mol. The summed E-state index contributed by atoms with van der Waals surface area (Å²) >= 11 is 0. The summed E-state index contributed by atoms with van der Waals surface area (Å²) in [6, 6.07) is 6.20. The molecule has 2 atom stereocenters. The van der Waals surface area contributed by atoms with Crippen LogP contribution in [-0.2, 0) is 4.79 Å². The van der Waals surface area contributed by atoms with Crippen LogP contribution < -0.4 is 10.6 Å². The Kier molecular flexibility index (Phi) is 4.99. The minimum absolute atomic E-state index is 0.0351. The lowest BCUT2D eigenvalue weighted by Gasteiger charge is -2.36. The molecule has 3 nitrogen and oxygen atoms in total. The summed E-state index contributed by atoms with van der Waals surface area (Å²) < 4.78 is 13.3. The van der Waals surface area contributed by atoms with Crippen LogP contribution in [0.2, 0.25) is 0 Å². The summed E-state index contributed by atoms with van der Waals surface area (Å²) in [5.74, 6) is 0.100. The van der Waals surface area contributed by atoms with Gasteiger partial charge in [-0.25, -0.2) is 4.39 Å². The molecule has 0 radical (unpaired) electrons. The minimum Gasteiger partial charge on any atom is -0.349 e. The third kappa shape index (κ3) is 3.82. The number of carbonyl (C=O) groups is 1. The molecule has 0 bridgehead atoms. The van der Waals surface area contributed by atoms with Crippen molar-refractivity contribution in [3.05, 3.63) is 35.6 Å². The average molecular weight is 292 g/mol. The van der Waals surface area contributed by atoms with Crippen molar-refractivity contribution in [2.75, 3.05) is 13.1 Å². The quantitative estimate of drug-likeness (QED) is 0.895. The van der Waals surface area contributed by atoms with Crippen molar-refractivity contribution < 1.29 is 9.18 Å². The van der Waals surface area contributed by atoms with Gasteiger partial charge >= 0.3 is 0 Å². The number of nitrogens with one attached hydrogen (secondary N) is 2. The summed E-state index contributed by atoms with van der Waals surface area (Å²) in [6.07, 6.45) is 2.18. The van der Waals surface area contributed by atoms with E-state index in [1.54, 1.807) is 6.07 Å². The van der Waals surface area contributed by atoms with Crippen LogP contribution in [0.1, 0.15) is 45.2 Å². The van der Waals surface area contributed by atoms with Gasteiger partial charge in [0.1, 0.15) is 5.82 Å². The van der Waals surface area contributed by atoms with Gasteiger partial charge in [0.25, 0.3) is 0 Å². The fraction of sp³-hybridized carbons (Fsp3) is 0.588. The van der Waals surface area contributed by atoms with Crippen LogP contribution in [0.25, 0.3) is 0 Å². The van der Waals surface area contributed by atoms with E-state index in [9.17, 15) is 9.18 Å². The van der Waals surface area contributed by atoms with Crippen LogP contribution in [0.15, 0.2) is 24.3 Å². The van der Waals surface area contributed by atoms with Crippen molar-refractivity contribution in [2.45, 2.75) is 39.7 Å². The highest BCUT2D eigenvalue weighted by Crippen LogP contribution is 2.32. The van der Waals surface area contributed by atoms with E-state index in [-0.39, 0.29) is 17.8 Å². The Morgan fingerprint density at radius 1 is 1.48 bits per heavy atom. The summed E-state index contributed by atoms with van der Waals surface area (Å²) in [4.78, 5) is 12.6. The molecule has 1 amide bonds. The molecular weight excluding hydrogens is 267 g/mol. The molecule has 2 N–H and O–H groups in total. The highest BCUT2D eigenvalue weighted by molar-refractivity contribution is 5.82. The molecule has 1 fully saturated rings. The van der Waals surface area contributed by atoms with Crippen LogP contribution >= 0.6 is 0 Å². The van der Waals surface area contributed by atoms with Gasteiger partial charge < -0.3 is 10.6 Å². The summed E-state index contributed by atoms with van der Waals surface area (Å²) in [5.41, 5.74) is 0.371. The zero-order chi connectivity index (χ0) is 15.5. The molecule has 0 aromatic heterocycles. The predicted octanol–water partition coefficient (Wildman–Crippen LogP) is 3.03. The maximum atomic E-state index is 13.3. The van der Waals surface area contributed by atoms with E-state index in [1.165, 1.54) is 12.1 Å². The number of hydrogen-bond donors (Lipinski definition) is 2. The second-order valence-corrected chi connectivity index (χ2v) is 6.52. The van der Waals surface area contributed by atoms with Gasteiger partial charge in [0, 0.05) is 5.41 Å². The van der Waals surface area contributed by atoms with Crippen molar-refractivity contribution in [1.29, 1.82) is 0 Å². The lowest BCUT2D eigenvalue weighted by Crippen LogP contribution is -2.47. The third-order valence-corrected chi connectivity index (χ3v) is 4.60. The Labute approximate surface area is 126 Å². The molecule has 4 heteroatoms. The molecule has 1 aliphatic rings. The molecule has 1 aromatic rings. The Morgan fingerprint density at radius 3 is 2.86 bits per heavy atom. The molecular formula is C17H25FN2O. The molecule has 21 heavy (non-hydrogen) atoms. The standard InChI is InChI=1S/C17H25FN2O/c1-12(13-6-4-8-15(18)10-13)20-16(21)17(2,3)14-7-5-9-19-11-14/h4,6,8,10,12,14,19H,5,7,9,11H2,1-3H3,(H,20,21). The van der Waals surface area contributed by atoms with Crippen LogP contribution in [0, 0.1) is 17.2 Å². The van der Waals surface area contributed by atoms with E-state index in [2.05, 4.69) is 10.6 Å². The first-order chi connectivity index (χ1) is 9.91. The predicted molar refractivity (Wildman–Crippen MR) is 82.3 cm³/mol. The summed E-state index contributed by atoms with van der Waals surface area (Å²) in [5, 5.41) is 6.39. The second kappa shape index (κ2) is 6.56. The van der Waals surface area contributed by atoms with E-state index in [1.807, 2.05) is 26.8 Å². The zero-order valence-corrected chi connectivity index (χ0v) is 13.1. The number of amides is 1. The Morgan fingerprint density at radius 2 is 2.24 bits per heavy atom. The SMILES string of the molecule is CC(NC(=O)C(C)(C)C1CCCNC1)c1cccc(F)c1. The molecule has 2 rings (SSSR count). The number of carbonyl (C=O) groups excluding carboxylic acids is 1. The first-order valence-corrected chi connectivity index (χ1v) is 7.68. The van der Waals surface area contributed by atoms with Crippen LogP contribution in [-0.4, -0.2) is 19.0 Å². The van der Waals surface area contributed by atoms with Gasteiger partial charge in [-0.1, -0.05) is 26.0 Å². The summed E-state index contributed by atoms with van der Waals surface area (Å²) in [7, 11) is 0. The van der Waals surface area contributed by atoms with Crippen molar-refractivity contribution in [2.24, 2.45) is 11.3 Å². The minimum atomic E-state index is -0.422. The average Bonchev–Trinajstić information content (AvgIpc) is 2.48. The van der Waals surface area contributed by atoms with Crippen molar-refractivity contribution in [1.82, 2.24) is 10.6 Å². The number of rotatable bonds is 4. The second-order valence-electron chi connectivity index (χ2n) is 6.52. The van der Waals surface area contributed by atoms with Gasteiger partial charge in [-0.15, -0.1) is 0 Å². The molecule has 1 aromatic carbocycles. The maximum absolute atomic E-state index is 13.3. The number of piperidine rings is 1. The van der Waals surface area contributed by atoms with E-state index in [0.29, 0.717) is 5.92 Å². The fourth-order valence-electron chi connectivity index (χ4n) is 2.90. The van der Waals surface area contributed by atoms with E-state index in [4.69, 9.17) is 0 Å². The van der Waals surface area contributed by atoms with Gasteiger partial charge in [0.2, 0.25) is 5.91 Å². The van der Waals surface area contributed by atoms with Gasteiger partial charge in [-0.2, -0.15) is 0 Å². The lowest BCUT2D eigenvalue weighted by atomic mass is 9.74. The van der Waals surface area contributed by atoms with E-state index < -0.39 is 5.41 Å².